The number of benzene rings is 2. The highest BCUT2D eigenvalue weighted by atomic mass is 16.5. The Morgan fingerprint density at radius 2 is 1.69 bits per heavy atom. The number of nitrogens with zero attached hydrogens (tertiary/aromatic N) is 2. The summed E-state index contributed by atoms with van der Waals surface area (Å²) in [4.78, 5) is 40.5. The highest BCUT2D eigenvalue weighted by molar-refractivity contribution is 6.22. The summed E-state index contributed by atoms with van der Waals surface area (Å²) in [7, 11) is 5.41. The second-order valence-electron chi connectivity index (χ2n) is 6.89. The predicted molar refractivity (Wildman–Crippen MR) is 112 cm³/mol. The zero-order valence-corrected chi connectivity index (χ0v) is 16.7. The van der Waals surface area contributed by atoms with Gasteiger partial charge in [0.25, 0.3) is 11.8 Å². The number of fused-ring (bicyclic) bond motifs is 1. The maximum Gasteiger partial charge on any atom is 0.323 e. The molecule has 2 aromatic rings. The Morgan fingerprint density at radius 3 is 2.38 bits per heavy atom. The minimum absolute atomic E-state index is 0.292. The molecular weight excluding hydrogens is 372 g/mol. The molecule has 0 saturated heterocycles. The van der Waals surface area contributed by atoms with E-state index in [-0.39, 0.29) is 11.8 Å². The van der Waals surface area contributed by atoms with Gasteiger partial charge in [0.2, 0.25) is 0 Å². The molecule has 1 heterocycles. The summed E-state index contributed by atoms with van der Waals surface area (Å²) in [5.74, 6) is -0.679. The van der Waals surface area contributed by atoms with Gasteiger partial charge in [-0.15, -0.1) is 0 Å². The highest BCUT2D eigenvalue weighted by Crippen LogP contribution is 2.26. The van der Waals surface area contributed by atoms with E-state index >= 15 is 0 Å². The molecule has 0 bridgehead atoms. The standard InChI is InChI=1S/C21H24N4O4/c1-24(2)16-7-4-6-14(12-16)22-21(28)23-15-8-9-17-18(13-15)20(27)25(19(17)26)10-5-11-29-3/h4,6-9,12-13H,5,10-11H2,1-3H3,(H2,22,23,28). The van der Waals surface area contributed by atoms with Crippen molar-refractivity contribution < 1.29 is 19.1 Å². The van der Waals surface area contributed by atoms with Crippen LogP contribution in [0.15, 0.2) is 42.5 Å². The van der Waals surface area contributed by atoms with Gasteiger partial charge in [0.05, 0.1) is 11.1 Å². The zero-order chi connectivity index (χ0) is 21.0. The lowest BCUT2D eigenvalue weighted by atomic mass is 10.1. The fourth-order valence-corrected chi connectivity index (χ4v) is 3.09. The topological polar surface area (TPSA) is 91.0 Å². The molecule has 29 heavy (non-hydrogen) atoms. The van der Waals surface area contributed by atoms with Crippen LogP contribution in [0, 0.1) is 0 Å². The molecule has 0 atom stereocenters. The van der Waals surface area contributed by atoms with E-state index in [4.69, 9.17) is 4.74 Å². The summed E-state index contributed by atoms with van der Waals surface area (Å²) in [6.45, 7) is 0.765. The van der Waals surface area contributed by atoms with E-state index < -0.39 is 6.03 Å². The molecule has 8 heteroatoms. The van der Waals surface area contributed by atoms with E-state index in [2.05, 4.69) is 10.6 Å². The number of methoxy groups -OCH3 is 1. The second-order valence-corrected chi connectivity index (χ2v) is 6.89. The van der Waals surface area contributed by atoms with Gasteiger partial charge in [-0.2, -0.15) is 0 Å². The van der Waals surface area contributed by atoms with Crippen molar-refractivity contribution in [3.8, 4) is 0 Å². The number of carbonyl (C=O) groups excluding carboxylic acids is 3. The van der Waals surface area contributed by atoms with Crippen molar-refractivity contribution in [2.75, 3.05) is 49.9 Å². The number of imide groups is 1. The number of ether oxygens (including phenoxy) is 1. The molecule has 0 saturated carbocycles. The molecule has 0 unspecified atom stereocenters. The molecule has 2 N–H and O–H groups in total. The highest BCUT2D eigenvalue weighted by Gasteiger charge is 2.35. The Kier molecular flexibility index (Phi) is 6.13. The summed E-state index contributed by atoms with van der Waals surface area (Å²) in [5, 5.41) is 5.47. The van der Waals surface area contributed by atoms with Gasteiger partial charge in [-0.25, -0.2) is 4.79 Å². The Balaban J connectivity index is 1.68. The summed E-state index contributed by atoms with van der Waals surface area (Å²) in [6, 6.07) is 11.7. The molecule has 152 valence electrons. The number of carbonyl (C=O) groups is 3. The number of nitrogens with one attached hydrogen (secondary N) is 2. The van der Waals surface area contributed by atoms with Gasteiger partial charge in [0.15, 0.2) is 0 Å². The average Bonchev–Trinajstić information content (AvgIpc) is 2.92. The number of amides is 4. The first-order chi connectivity index (χ1) is 13.9. The van der Waals surface area contributed by atoms with Crippen molar-refractivity contribution in [1.82, 2.24) is 4.90 Å². The molecule has 0 aromatic heterocycles. The maximum atomic E-state index is 12.6. The summed E-state index contributed by atoms with van der Waals surface area (Å²) >= 11 is 0. The summed E-state index contributed by atoms with van der Waals surface area (Å²) in [5.41, 5.74) is 2.67. The van der Waals surface area contributed by atoms with Crippen LogP contribution in [-0.2, 0) is 4.74 Å². The first kappa shape index (κ1) is 20.3. The molecule has 1 aliphatic rings. The van der Waals surface area contributed by atoms with Crippen LogP contribution < -0.4 is 15.5 Å². The van der Waals surface area contributed by atoms with E-state index in [1.54, 1.807) is 25.3 Å². The third kappa shape index (κ3) is 4.55. The van der Waals surface area contributed by atoms with Gasteiger partial charge in [-0.1, -0.05) is 6.07 Å². The molecule has 2 aromatic carbocycles. The molecule has 1 aliphatic heterocycles. The lowest BCUT2D eigenvalue weighted by Gasteiger charge is -2.14. The molecule has 0 fully saturated rings. The van der Waals surface area contributed by atoms with E-state index in [1.807, 2.05) is 37.2 Å². The quantitative estimate of drug-likeness (QED) is 0.555. The van der Waals surface area contributed by atoms with Gasteiger partial charge >= 0.3 is 6.03 Å². The second kappa shape index (κ2) is 8.74. The maximum absolute atomic E-state index is 12.6. The number of hydrogen-bond donors (Lipinski definition) is 2. The van der Waals surface area contributed by atoms with Crippen LogP contribution in [0.5, 0.6) is 0 Å². The Bertz CT molecular complexity index is 942. The van der Waals surface area contributed by atoms with Crippen LogP contribution in [0.4, 0.5) is 21.9 Å². The van der Waals surface area contributed by atoms with Crippen LogP contribution in [0.25, 0.3) is 0 Å². The first-order valence-corrected chi connectivity index (χ1v) is 9.25. The fraction of sp³-hybridized carbons (Fsp3) is 0.286. The number of rotatable bonds is 7. The van der Waals surface area contributed by atoms with Crippen molar-refractivity contribution in [1.29, 1.82) is 0 Å². The molecule has 0 spiro atoms. The fourth-order valence-electron chi connectivity index (χ4n) is 3.09. The molecule has 4 amide bonds. The van der Waals surface area contributed by atoms with Gasteiger partial charge in [0.1, 0.15) is 0 Å². The molecule has 3 rings (SSSR count). The SMILES string of the molecule is COCCCN1C(=O)c2ccc(NC(=O)Nc3cccc(N(C)C)c3)cc2C1=O. The van der Waals surface area contributed by atoms with Gasteiger partial charge in [0, 0.05) is 51.4 Å². The largest absolute Gasteiger partial charge is 0.385 e. The minimum atomic E-state index is -0.436. The van der Waals surface area contributed by atoms with E-state index in [9.17, 15) is 14.4 Å². The van der Waals surface area contributed by atoms with Crippen LogP contribution in [0.2, 0.25) is 0 Å². The van der Waals surface area contributed by atoms with E-state index in [0.29, 0.717) is 42.1 Å². The summed E-state index contributed by atoms with van der Waals surface area (Å²) in [6.07, 6.45) is 0.571. The van der Waals surface area contributed by atoms with Crippen LogP contribution in [-0.4, -0.2) is 57.1 Å². The van der Waals surface area contributed by atoms with E-state index in [0.717, 1.165) is 5.69 Å². The molecular formula is C21H24N4O4. The van der Waals surface area contributed by atoms with Gasteiger partial charge in [-0.3, -0.25) is 14.5 Å². The molecule has 8 nitrogen and oxygen atoms in total. The third-order valence-corrected chi connectivity index (χ3v) is 4.58. The number of urea groups is 1. The van der Waals surface area contributed by atoms with Gasteiger partial charge in [-0.05, 0) is 42.8 Å². The Labute approximate surface area is 169 Å². The normalized spacial score (nSPS) is 12.7. The van der Waals surface area contributed by atoms with Crippen LogP contribution in [0.3, 0.4) is 0 Å². The van der Waals surface area contributed by atoms with Crippen molar-refractivity contribution in [3.63, 3.8) is 0 Å². The van der Waals surface area contributed by atoms with Crippen LogP contribution >= 0.6 is 0 Å². The molecule has 0 aliphatic carbocycles. The minimum Gasteiger partial charge on any atom is -0.385 e. The number of anilines is 3. The van der Waals surface area contributed by atoms with Crippen molar-refractivity contribution >= 4 is 34.9 Å². The van der Waals surface area contributed by atoms with Crippen molar-refractivity contribution in [3.05, 3.63) is 53.6 Å². The lowest BCUT2D eigenvalue weighted by Crippen LogP contribution is -2.31. The van der Waals surface area contributed by atoms with Crippen molar-refractivity contribution in [2.45, 2.75) is 6.42 Å². The van der Waals surface area contributed by atoms with Crippen molar-refractivity contribution in [2.24, 2.45) is 0 Å². The monoisotopic (exact) mass is 396 g/mol. The Morgan fingerprint density at radius 1 is 1.00 bits per heavy atom. The predicted octanol–water partition coefficient (Wildman–Crippen LogP) is 3.03. The average molecular weight is 396 g/mol. The van der Waals surface area contributed by atoms with E-state index in [1.165, 1.54) is 11.0 Å². The molecule has 0 radical (unpaired) electrons. The Hall–Kier alpha value is -3.39. The summed E-state index contributed by atoms with van der Waals surface area (Å²) < 4.78 is 4.97. The number of hydrogen-bond acceptors (Lipinski definition) is 5. The van der Waals surface area contributed by atoms with Crippen LogP contribution in [0.1, 0.15) is 27.1 Å². The smallest absolute Gasteiger partial charge is 0.323 e. The first-order valence-electron chi connectivity index (χ1n) is 9.25. The zero-order valence-electron chi connectivity index (χ0n) is 16.7. The third-order valence-electron chi connectivity index (χ3n) is 4.58. The lowest BCUT2D eigenvalue weighted by molar-refractivity contribution is 0.0638. The van der Waals surface area contributed by atoms with Gasteiger partial charge < -0.3 is 20.3 Å².